The van der Waals surface area contributed by atoms with E-state index in [1.165, 1.54) is 44.7 Å². The molecule has 3 N–H and O–H groups in total. The quantitative estimate of drug-likeness (QED) is 0.0702. The molecule has 3 aliphatic heterocycles. The summed E-state index contributed by atoms with van der Waals surface area (Å²) in [5.41, 5.74) is 4.37. The molecule has 5 aromatic rings. The van der Waals surface area contributed by atoms with Crippen molar-refractivity contribution in [3.63, 3.8) is 0 Å². The Hall–Kier alpha value is -5.63. The summed E-state index contributed by atoms with van der Waals surface area (Å²) in [6.45, 7) is 4.15. The van der Waals surface area contributed by atoms with Crippen LogP contribution < -0.4 is 19.7 Å². The van der Waals surface area contributed by atoms with Crippen molar-refractivity contribution in [2.24, 2.45) is 15.7 Å². The number of nitrogens with zero attached hydrogens (tertiary/aromatic N) is 6. The molecule has 6 fully saturated rings. The van der Waals surface area contributed by atoms with Gasteiger partial charge in [-0.1, -0.05) is 24.3 Å². The van der Waals surface area contributed by atoms with Crippen LogP contribution in [0.2, 0.25) is 0 Å². The molecule has 1 amide bonds. The summed E-state index contributed by atoms with van der Waals surface area (Å²) in [7, 11) is -6.89. The van der Waals surface area contributed by atoms with Crippen molar-refractivity contribution in [1.82, 2.24) is 24.6 Å². The van der Waals surface area contributed by atoms with Crippen LogP contribution in [0.3, 0.4) is 0 Å². The molecule has 19 heteroatoms. The van der Waals surface area contributed by atoms with Crippen molar-refractivity contribution in [1.29, 1.82) is 0 Å². The smallest absolute Gasteiger partial charge is 0.312 e. The van der Waals surface area contributed by atoms with Crippen molar-refractivity contribution in [2.45, 2.75) is 106 Å². The number of piperidine rings is 1. The predicted octanol–water partition coefficient (Wildman–Crippen LogP) is 8.71. The highest BCUT2D eigenvalue weighted by Crippen LogP contribution is 2.55. The highest BCUT2D eigenvalue weighted by Gasteiger charge is 2.50. The van der Waals surface area contributed by atoms with Crippen molar-refractivity contribution >= 4 is 53.9 Å². The molecular weight excluding hydrogens is 931 g/mol. The Morgan fingerprint density at radius 2 is 1.71 bits per heavy atom. The fraction of sp³-hybridized carbons (Fsp3) is 0.510. The first-order valence-electron chi connectivity index (χ1n) is 25.0. The van der Waals surface area contributed by atoms with Gasteiger partial charge >= 0.3 is 5.69 Å². The van der Waals surface area contributed by atoms with E-state index in [9.17, 15) is 27.5 Å². The molecule has 3 aromatic heterocycles. The number of nitro groups is 1. The summed E-state index contributed by atoms with van der Waals surface area (Å²) < 4.78 is 59.3. The second kappa shape index (κ2) is 19.2. The number of benzene rings is 2. The van der Waals surface area contributed by atoms with Gasteiger partial charge in [0.25, 0.3) is 15.9 Å². The molecule has 3 aliphatic carbocycles. The molecule has 1 spiro atoms. The van der Waals surface area contributed by atoms with Crippen LogP contribution in [-0.2, 0) is 24.5 Å². The standard InChI is InChI=1S/C51H61N9O8S2/c61-50(57-70(65,66)41-28-46(60(62)63)49(55-33-41)53-31-34-7-11-37(12-8-34)56-69(64)24-22-67-23-25-69)44-14-13-38(27-47(44)68-40-26-36-15-18-52-48(36)54-32-40)58-20-16-51(17-21-58)29-39(30-51)59-19-3-6-45(59)43-5-2-1-4-42(43)35-9-10-35/h1-2,4-5,13-15,18,26-28,32-35,37,39,45H,3,6-12,16-17,19-25,29-31H2,(H,52,54)(H,53,55)(H,57,61)/t34?,37?,45-/m1/s1. The van der Waals surface area contributed by atoms with Crippen LogP contribution in [0.25, 0.3) is 11.0 Å². The Morgan fingerprint density at radius 1 is 0.943 bits per heavy atom. The van der Waals surface area contributed by atoms with Crippen LogP contribution in [0.1, 0.15) is 110 Å². The molecule has 0 unspecified atom stereocenters. The van der Waals surface area contributed by atoms with E-state index in [2.05, 4.69) is 59.1 Å². The number of aromatic nitrogens is 3. The number of carbonyl (C=O) groups excluding carboxylic acids is 1. The number of ether oxygens (including phenoxy) is 2. The number of rotatable bonds is 14. The lowest BCUT2D eigenvalue weighted by atomic mass is 9.59. The fourth-order valence-corrected chi connectivity index (χ4v) is 14.6. The Labute approximate surface area is 408 Å². The minimum Gasteiger partial charge on any atom is -0.455 e. The monoisotopic (exact) mass is 991 g/mol. The number of H-pyrrole nitrogens is 1. The van der Waals surface area contributed by atoms with E-state index in [0.717, 1.165) is 87.4 Å². The molecule has 3 saturated heterocycles. The maximum absolute atomic E-state index is 14.1. The van der Waals surface area contributed by atoms with E-state index in [1.54, 1.807) is 35.5 Å². The van der Waals surface area contributed by atoms with E-state index >= 15 is 0 Å². The molecule has 6 aliphatic rings. The van der Waals surface area contributed by atoms with Gasteiger partial charge in [0.2, 0.25) is 5.82 Å². The topological polar surface area (TPSA) is 214 Å². The number of amides is 1. The van der Waals surface area contributed by atoms with E-state index < -0.39 is 41.2 Å². The molecule has 370 valence electrons. The minimum absolute atomic E-state index is 0.0119. The normalized spacial score (nSPS) is 23.7. The second-order valence-electron chi connectivity index (χ2n) is 20.4. The summed E-state index contributed by atoms with van der Waals surface area (Å²) >= 11 is 0. The van der Waals surface area contributed by atoms with Gasteiger partial charge in [0, 0.05) is 61.1 Å². The van der Waals surface area contributed by atoms with Crippen LogP contribution in [-0.4, -0.2) is 106 Å². The summed E-state index contributed by atoms with van der Waals surface area (Å²) in [6.07, 6.45) is 17.0. The summed E-state index contributed by atoms with van der Waals surface area (Å²) in [5, 5.41) is 16.1. The van der Waals surface area contributed by atoms with Gasteiger partial charge in [0.05, 0.1) is 63.4 Å². The summed E-state index contributed by atoms with van der Waals surface area (Å²) in [4.78, 5) is 41.9. The Bertz CT molecular complexity index is 3010. The predicted molar refractivity (Wildman–Crippen MR) is 268 cm³/mol. The highest BCUT2D eigenvalue weighted by molar-refractivity contribution is 7.93. The van der Waals surface area contributed by atoms with E-state index in [-0.39, 0.29) is 29.1 Å². The largest absolute Gasteiger partial charge is 0.455 e. The van der Waals surface area contributed by atoms with E-state index in [1.807, 2.05) is 12.1 Å². The molecule has 0 radical (unpaired) electrons. The second-order valence-corrected chi connectivity index (χ2v) is 24.7. The number of hydrogen-bond acceptors (Lipinski definition) is 14. The Morgan fingerprint density at radius 3 is 2.47 bits per heavy atom. The SMILES string of the molecule is O=C(NS(=O)(=O)c1cnc(NCC2CCC(N=S3(=O)CCOCC3)CC2)c([N+](=O)[O-])c1)c1ccc(N2CCC3(CC2)CC(N2CCC[C@@H]2c2ccccc2C2CC2)C3)cc1Oc1cnc2[nH]ccc2c1. The lowest BCUT2D eigenvalue weighted by Crippen LogP contribution is -2.54. The number of anilines is 2. The van der Waals surface area contributed by atoms with E-state index in [0.29, 0.717) is 60.2 Å². The first kappa shape index (κ1) is 46.7. The molecule has 2 aromatic carbocycles. The van der Waals surface area contributed by atoms with Crippen LogP contribution >= 0.6 is 0 Å². The highest BCUT2D eigenvalue weighted by atomic mass is 32.2. The maximum atomic E-state index is 14.1. The molecule has 0 bridgehead atoms. The number of pyridine rings is 2. The molecule has 17 nitrogen and oxygen atoms in total. The van der Waals surface area contributed by atoms with Gasteiger partial charge in [-0.15, -0.1) is 0 Å². The van der Waals surface area contributed by atoms with Gasteiger partial charge in [0.15, 0.2) is 0 Å². The van der Waals surface area contributed by atoms with Gasteiger partial charge in [-0.05, 0) is 136 Å². The number of likely N-dealkylation sites (tertiary alicyclic amines) is 1. The number of fused-ring (bicyclic) bond motifs is 1. The van der Waals surface area contributed by atoms with Crippen molar-refractivity contribution in [3.05, 3.63) is 106 Å². The lowest BCUT2D eigenvalue weighted by Gasteiger charge is -2.56. The first-order chi connectivity index (χ1) is 33.9. The maximum Gasteiger partial charge on any atom is 0.312 e. The molecule has 11 rings (SSSR count). The van der Waals surface area contributed by atoms with Gasteiger partial charge in [-0.25, -0.2) is 31.7 Å². The summed E-state index contributed by atoms with van der Waals surface area (Å²) in [5.74, 6) is 1.29. The molecular formula is C51H61N9O8S2. The molecule has 6 heterocycles. The average Bonchev–Trinajstić information content (AvgIpc) is 3.90. The number of carbonyl (C=O) groups is 1. The zero-order valence-corrected chi connectivity index (χ0v) is 40.9. The van der Waals surface area contributed by atoms with Crippen molar-refractivity contribution in [2.75, 3.05) is 61.1 Å². The van der Waals surface area contributed by atoms with Crippen LogP contribution in [0.15, 0.2) is 88.5 Å². The van der Waals surface area contributed by atoms with Crippen LogP contribution in [0.5, 0.6) is 11.5 Å². The van der Waals surface area contributed by atoms with E-state index in [4.69, 9.17) is 13.8 Å². The molecule has 3 saturated carbocycles. The zero-order valence-electron chi connectivity index (χ0n) is 39.3. The first-order valence-corrected chi connectivity index (χ1v) is 28.3. The van der Waals surface area contributed by atoms with Gasteiger partial charge in [-0.3, -0.25) is 19.8 Å². The van der Waals surface area contributed by atoms with Crippen molar-refractivity contribution in [3.8, 4) is 11.5 Å². The average molecular weight is 992 g/mol. The lowest BCUT2D eigenvalue weighted by molar-refractivity contribution is -0.384. The summed E-state index contributed by atoms with van der Waals surface area (Å²) in [6, 6.07) is 20.0. The number of sulfonamides is 1. The van der Waals surface area contributed by atoms with Gasteiger partial charge in [0.1, 0.15) is 22.0 Å². The van der Waals surface area contributed by atoms with Gasteiger partial charge in [-0.2, -0.15) is 0 Å². The van der Waals surface area contributed by atoms with Crippen molar-refractivity contribution < 1.29 is 31.8 Å². The van der Waals surface area contributed by atoms with Crippen LogP contribution in [0.4, 0.5) is 17.2 Å². The van der Waals surface area contributed by atoms with Gasteiger partial charge < -0.3 is 24.7 Å². The Balaban J connectivity index is 0.755. The third-order valence-corrected chi connectivity index (χ3v) is 19.4. The number of hydrogen-bond donors (Lipinski definition) is 3. The number of nitrogens with one attached hydrogen (secondary N) is 3. The fourth-order valence-electron chi connectivity index (χ4n) is 11.8. The Kier molecular flexibility index (Phi) is 12.8. The molecule has 70 heavy (non-hydrogen) atoms. The zero-order chi connectivity index (χ0) is 48.0. The third kappa shape index (κ3) is 9.86. The third-order valence-electron chi connectivity index (χ3n) is 15.9. The van der Waals surface area contributed by atoms with Crippen LogP contribution in [0, 0.1) is 21.4 Å². The molecule has 1 atom stereocenters. The minimum atomic E-state index is -4.65. The number of aromatic amines is 1.